The zero-order valence-corrected chi connectivity index (χ0v) is 12.0. The van der Waals surface area contributed by atoms with Crippen molar-refractivity contribution in [2.45, 2.75) is 51.4 Å². The molecule has 2 rings (SSSR count). The minimum absolute atomic E-state index is 0.000172. The van der Waals surface area contributed by atoms with E-state index in [9.17, 15) is 8.78 Å². The second-order valence-corrected chi connectivity index (χ2v) is 5.52. The van der Waals surface area contributed by atoms with Crippen molar-refractivity contribution in [2.75, 3.05) is 0 Å². The molecule has 0 heterocycles. The summed E-state index contributed by atoms with van der Waals surface area (Å²) in [5, 5.41) is 2.13. The van der Waals surface area contributed by atoms with Crippen LogP contribution in [0.25, 0.3) is 10.8 Å². The van der Waals surface area contributed by atoms with Crippen LogP contribution < -0.4 is 0 Å². The van der Waals surface area contributed by atoms with E-state index in [2.05, 4.69) is 6.92 Å². The van der Waals surface area contributed by atoms with E-state index in [0.29, 0.717) is 6.42 Å². The summed E-state index contributed by atoms with van der Waals surface area (Å²) in [5.41, 5.74) is 0.726. The molecule has 0 radical (unpaired) electrons. The lowest BCUT2D eigenvalue weighted by atomic mass is 9.99. The van der Waals surface area contributed by atoms with Crippen molar-refractivity contribution < 1.29 is 8.78 Å². The fraction of sp³-hybridized carbons (Fsp3) is 0.444. The van der Waals surface area contributed by atoms with Crippen molar-refractivity contribution in [3.63, 3.8) is 0 Å². The Morgan fingerprint density at radius 1 is 0.900 bits per heavy atom. The van der Waals surface area contributed by atoms with Crippen LogP contribution in [0.15, 0.2) is 42.5 Å². The SMILES string of the molecule is CCCCCCC(F)(F)Cc1ccc2ccccc2c1. The van der Waals surface area contributed by atoms with Crippen LogP contribution in [0.1, 0.15) is 44.6 Å². The molecular weight excluding hydrogens is 254 g/mol. The van der Waals surface area contributed by atoms with Crippen LogP contribution in [0.4, 0.5) is 8.78 Å². The molecule has 108 valence electrons. The number of alkyl halides is 2. The van der Waals surface area contributed by atoms with E-state index < -0.39 is 5.92 Å². The summed E-state index contributed by atoms with van der Waals surface area (Å²) in [6, 6.07) is 13.5. The average Bonchev–Trinajstić information content (AvgIpc) is 2.43. The molecule has 0 atom stereocenters. The topological polar surface area (TPSA) is 0 Å². The third-order valence-corrected chi connectivity index (χ3v) is 3.67. The molecule has 20 heavy (non-hydrogen) atoms. The van der Waals surface area contributed by atoms with E-state index in [-0.39, 0.29) is 12.8 Å². The van der Waals surface area contributed by atoms with Gasteiger partial charge in [0.05, 0.1) is 0 Å². The maximum atomic E-state index is 13.9. The minimum Gasteiger partial charge on any atom is -0.207 e. The second kappa shape index (κ2) is 6.83. The molecule has 0 nitrogen and oxygen atoms in total. The van der Waals surface area contributed by atoms with Crippen molar-refractivity contribution in [3.05, 3.63) is 48.0 Å². The third kappa shape index (κ3) is 4.29. The fourth-order valence-electron chi connectivity index (χ4n) is 2.55. The van der Waals surface area contributed by atoms with E-state index in [1.165, 1.54) is 0 Å². The highest BCUT2D eigenvalue weighted by Crippen LogP contribution is 2.28. The predicted octanol–water partition coefficient (Wildman–Crippen LogP) is 5.99. The molecule has 0 saturated carbocycles. The van der Waals surface area contributed by atoms with Crippen LogP contribution >= 0.6 is 0 Å². The number of fused-ring (bicyclic) bond motifs is 1. The summed E-state index contributed by atoms with van der Waals surface area (Å²) in [6.07, 6.45) is 3.50. The van der Waals surface area contributed by atoms with Crippen LogP contribution in [0.3, 0.4) is 0 Å². The monoisotopic (exact) mass is 276 g/mol. The van der Waals surface area contributed by atoms with Gasteiger partial charge in [-0.1, -0.05) is 68.7 Å². The summed E-state index contributed by atoms with van der Waals surface area (Å²) < 4.78 is 27.9. The van der Waals surface area contributed by atoms with Gasteiger partial charge in [0.15, 0.2) is 0 Å². The molecule has 2 aromatic rings. The first-order chi connectivity index (χ1) is 9.61. The third-order valence-electron chi connectivity index (χ3n) is 3.67. The van der Waals surface area contributed by atoms with Crippen molar-refractivity contribution in [3.8, 4) is 0 Å². The van der Waals surface area contributed by atoms with Gasteiger partial charge in [-0.3, -0.25) is 0 Å². The number of hydrogen-bond donors (Lipinski definition) is 0. The Kier molecular flexibility index (Phi) is 5.11. The lowest BCUT2D eigenvalue weighted by Crippen LogP contribution is -2.19. The molecule has 0 unspecified atom stereocenters. The number of rotatable bonds is 7. The first kappa shape index (κ1) is 15.0. The molecule has 2 aromatic carbocycles. The number of unbranched alkanes of at least 4 members (excludes halogenated alkanes) is 3. The average molecular weight is 276 g/mol. The van der Waals surface area contributed by atoms with Gasteiger partial charge in [-0.25, -0.2) is 8.78 Å². The fourth-order valence-corrected chi connectivity index (χ4v) is 2.55. The van der Waals surface area contributed by atoms with Gasteiger partial charge in [-0.05, 0) is 22.8 Å². The van der Waals surface area contributed by atoms with E-state index in [1.807, 2.05) is 42.5 Å². The van der Waals surface area contributed by atoms with Crippen LogP contribution in [0.2, 0.25) is 0 Å². The summed E-state index contributed by atoms with van der Waals surface area (Å²) in [6.45, 7) is 2.09. The van der Waals surface area contributed by atoms with Gasteiger partial charge in [0, 0.05) is 12.8 Å². The van der Waals surface area contributed by atoms with Gasteiger partial charge in [0.25, 0.3) is 5.92 Å². The first-order valence-corrected chi connectivity index (χ1v) is 7.46. The van der Waals surface area contributed by atoms with Crippen molar-refractivity contribution in [1.82, 2.24) is 0 Å². The molecule has 0 aliphatic carbocycles. The smallest absolute Gasteiger partial charge is 0.207 e. The summed E-state index contributed by atoms with van der Waals surface area (Å²) in [7, 11) is 0. The van der Waals surface area contributed by atoms with Gasteiger partial charge in [-0.15, -0.1) is 0 Å². The normalized spacial score (nSPS) is 11.9. The van der Waals surface area contributed by atoms with Crippen LogP contribution in [-0.4, -0.2) is 5.92 Å². The maximum Gasteiger partial charge on any atom is 0.252 e. The summed E-state index contributed by atoms with van der Waals surface area (Å²) in [5.74, 6) is -2.59. The standard InChI is InChI=1S/C18H22F2/c1-2-3-4-7-12-18(19,20)14-15-10-11-16-8-5-6-9-17(16)13-15/h5-6,8-11,13H,2-4,7,12,14H2,1H3. The molecule has 0 fully saturated rings. The minimum atomic E-state index is -2.59. The Labute approximate surface area is 119 Å². The molecular formula is C18H22F2. The van der Waals surface area contributed by atoms with Crippen molar-refractivity contribution in [2.24, 2.45) is 0 Å². The van der Waals surface area contributed by atoms with Gasteiger partial charge in [0.2, 0.25) is 0 Å². The highest BCUT2D eigenvalue weighted by atomic mass is 19.3. The van der Waals surface area contributed by atoms with E-state index in [4.69, 9.17) is 0 Å². The lowest BCUT2D eigenvalue weighted by molar-refractivity contribution is -0.00945. The van der Waals surface area contributed by atoms with Crippen LogP contribution in [0.5, 0.6) is 0 Å². The Morgan fingerprint density at radius 3 is 2.40 bits per heavy atom. The molecule has 0 bridgehead atoms. The Morgan fingerprint density at radius 2 is 1.65 bits per heavy atom. The molecule has 0 spiro atoms. The maximum absolute atomic E-state index is 13.9. The van der Waals surface area contributed by atoms with E-state index in [0.717, 1.165) is 35.6 Å². The Bertz CT molecular complexity index is 546. The van der Waals surface area contributed by atoms with E-state index in [1.54, 1.807) is 0 Å². The van der Waals surface area contributed by atoms with E-state index >= 15 is 0 Å². The van der Waals surface area contributed by atoms with Crippen LogP contribution in [-0.2, 0) is 6.42 Å². The molecule has 2 heteroatoms. The molecule has 0 aromatic heterocycles. The van der Waals surface area contributed by atoms with Gasteiger partial charge >= 0.3 is 0 Å². The van der Waals surface area contributed by atoms with Gasteiger partial charge in [-0.2, -0.15) is 0 Å². The first-order valence-electron chi connectivity index (χ1n) is 7.46. The van der Waals surface area contributed by atoms with Gasteiger partial charge < -0.3 is 0 Å². The quantitative estimate of drug-likeness (QED) is 0.545. The van der Waals surface area contributed by atoms with Crippen molar-refractivity contribution in [1.29, 1.82) is 0 Å². The Balaban J connectivity index is 1.99. The highest BCUT2D eigenvalue weighted by molar-refractivity contribution is 5.82. The second-order valence-electron chi connectivity index (χ2n) is 5.52. The largest absolute Gasteiger partial charge is 0.252 e. The number of halogens is 2. The molecule has 0 amide bonds. The zero-order valence-electron chi connectivity index (χ0n) is 12.0. The van der Waals surface area contributed by atoms with Gasteiger partial charge in [0.1, 0.15) is 0 Å². The predicted molar refractivity (Wildman–Crippen MR) is 81.4 cm³/mol. The highest BCUT2D eigenvalue weighted by Gasteiger charge is 2.28. The van der Waals surface area contributed by atoms with Crippen molar-refractivity contribution >= 4 is 10.8 Å². The molecule has 0 N–H and O–H groups in total. The number of hydrogen-bond acceptors (Lipinski definition) is 0. The lowest BCUT2D eigenvalue weighted by Gasteiger charge is -2.16. The molecule has 0 aliphatic heterocycles. The molecule has 0 saturated heterocycles. The zero-order chi connectivity index (χ0) is 14.4. The number of benzene rings is 2. The van der Waals surface area contributed by atoms with Crippen LogP contribution in [0, 0.1) is 0 Å². The Hall–Kier alpha value is -1.44. The molecule has 0 aliphatic rings. The summed E-state index contributed by atoms with van der Waals surface area (Å²) >= 11 is 0. The summed E-state index contributed by atoms with van der Waals surface area (Å²) in [4.78, 5) is 0.